The summed E-state index contributed by atoms with van der Waals surface area (Å²) in [5.41, 5.74) is 7.91. The number of aliphatic hydroxyl groups excluding tert-OH is 1. The monoisotopic (exact) mass is 402 g/mol. The molecule has 0 aromatic heterocycles. The molecular formula is C18H25F3N4O3. The highest BCUT2D eigenvalue weighted by atomic mass is 19.4. The van der Waals surface area contributed by atoms with Crippen LogP contribution in [-0.4, -0.2) is 35.5 Å². The zero-order chi connectivity index (χ0) is 21.5. The smallest absolute Gasteiger partial charge is 0.406 e. The number of hydrazone groups is 1. The van der Waals surface area contributed by atoms with Crippen molar-refractivity contribution in [1.82, 2.24) is 5.43 Å². The van der Waals surface area contributed by atoms with E-state index >= 15 is 0 Å². The number of carbonyl (C=O) groups is 1. The van der Waals surface area contributed by atoms with Crippen LogP contribution in [0.4, 0.5) is 13.2 Å². The summed E-state index contributed by atoms with van der Waals surface area (Å²) in [6, 6.07) is 5.02. The van der Waals surface area contributed by atoms with E-state index in [-0.39, 0.29) is 23.3 Å². The van der Waals surface area contributed by atoms with E-state index in [4.69, 9.17) is 5.73 Å². The number of ether oxygens (including phenoxy) is 1. The molecule has 1 aromatic rings. The molecule has 0 aliphatic rings. The minimum Gasteiger partial charge on any atom is -0.406 e. The molecule has 0 radical (unpaired) electrons. The van der Waals surface area contributed by atoms with Gasteiger partial charge >= 0.3 is 6.36 Å². The number of alkyl halides is 3. The molecule has 4 N–H and O–H groups in total. The fraction of sp³-hybridized carbons (Fsp3) is 0.500. The van der Waals surface area contributed by atoms with Crippen LogP contribution in [-0.2, 0) is 4.79 Å². The van der Waals surface area contributed by atoms with Gasteiger partial charge in [-0.1, -0.05) is 19.1 Å². The Kier molecular flexibility index (Phi) is 7.98. The lowest BCUT2D eigenvalue weighted by Gasteiger charge is -2.23. The first-order chi connectivity index (χ1) is 12.9. The third-order valence-electron chi connectivity index (χ3n) is 3.96. The number of aliphatic imine (C=N–C) groups is 1. The number of nitrogens with zero attached hydrogens (tertiary/aromatic N) is 2. The quantitative estimate of drug-likeness (QED) is 0.352. The summed E-state index contributed by atoms with van der Waals surface area (Å²) < 4.78 is 40.6. The fourth-order valence-electron chi connectivity index (χ4n) is 2.26. The van der Waals surface area contributed by atoms with Crippen molar-refractivity contribution in [3.63, 3.8) is 0 Å². The van der Waals surface area contributed by atoms with Gasteiger partial charge < -0.3 is 21.0 Å². The molecule has 156 valence electrons. The fourth-order valence-corrected chi connectivity index (χ4v) is 2.26. The van der Waals surface area contributed by atoms with E-state index in [1.165, 1.54) is 31.2 Å². The van der Waals surface area contributed by atoms with Crippen molar-refractivity contribution in [2.45, 2.75) is 46.5 Å². The summed E-state index contributed by atoms with van der Waals surface area (Å²) in [6.07, 6.45) is -4.21. The van der Waals surface area contributed by atoms with E-state index in [9.17, 15) is 23.1 Å². The molecule has 28 heavy (non-hydrogen) atoms. The van der Waals surface area contributed by atoms with Crippen molar-refractivity contribution in [3.8, 4) is 5.75 Å². The lowest BCUT2D eigenvalue weighted by Crippen LogP contribution is -2.37. The van der Waals surface area contributed by atoms with Crippen LogP contribution in [0, 0.1) is 5.41 Å². The Hall–Kier alpha value is -2.62. The van der Waals surface area contributed by atoms with Gasteiger partial charge in [-0.05, 0) is 44.9 Å². The number of nitrogens with one attached hydrogen (secondary N) is 1. The Morgan fingerprint density at radius 1 is 1.29 bits per heavy atom. The molecule has 1 amide bonds. The molecule has 7 nitrogen and oxygen atoms in total. The van der Waals surface area contributed by atoms with E-state index in [2.05, 4.69) is 20.3 Å². The SMILES string of the molecule is CCC(N/N=C(/CO)C(C)(C)C(=O)N=C(C)N)c1ccc(OC(F)(F)F)cc1. The largest absolute Gasteiger partial charge is 0.573 e. The summed E-state index contributed by atoms with van der Waals surface area (Å²) in [4.78, 5) is 15.9. The minimum atomic E-state index is -4.76. The number of benzene rings is 1. The molecule has 0 saturated carbocycles. The molecule has 0 bridgehead atoms. The Morgan fingerprint density at radius 2 is 1.86 bits per heavy atom. The number of halogens is 3. The Balaban J connectivity index is 2.98. The van der Waals surface area contributed by atoms with Crippen LogP contribution >= 0.6 is 0 Å². The molecule has 0 heterocycles. The number of hydrogen-bond acceptors (Lipinski definition) is 5. The Morgan fingerprint density at radius 3 is 2.29 bits per heavy atom. The molecule has 1 aromatic carbocycles. The summed E-state index contributed by atoms with van der Waals surface area (Å²) >= 11 is 0. The third kappa shape index (κ3) is 6.84. The van der Waals surface area contributed by atoms with Crippen molar-refractivity contribution in [3.05, 3.63) is 29.8 Å². The average Bonchev–Trinajstić information content (AvgIpc) is 2.57. The molecule has 0 saturated heterocycles. The van der Waals surface area contributed by atoms with Crippen LogP contribution in [0.2, 0.25) is 0 Å². The van der Waals surface area contributed by atoms with Gasteiger partial charge in [-0.3, -0.25) is 4.79 Å². The first-order valence-electron chi connectivity index (χ1n) is 8.55. The van der Waals surface area contributed by atoms with Crippen LogP contribution in [0.15, 0.2) is 34.4 Å². The lowest BCUT2D eigenvalue weighted by atomic mass is 9.86. The molecule has 1 unspecified atom stereocenters. The summed E-state index contributed by atoms with van der Waals surface area (Å²) in [6.45, 7) is 5.96. The zero-order valence-corrected chi connectivity index (χ0v) is 16.2. The number of amides is 1. The highest BCUT2D eigenvalue weighted by Crippen LogP contribution is 2.26. The lowest BCUT2D eigenvalue weighted by molar-refractivity contribution is -0.274. The molecule has 10 heteroatoms. The van der Waals surface area contributed by atoms with Gasteiger partial charge in [0.1, 0.15) is 5.75 Å². The number of aliphatic hydroxyl groups is 1. The first-order valence-corrected chi connectivity index (χ1v) is 8.55. The second-order valence-electron chi connectivity index (χ2n) is 6.61. The maximum absolute atomic E-state index is 12.3. The predicted octanol–water partition coefficient (Wildman–Crippen LogP) is 2.90. The Labute approximate surface area is 161 Å². The van der Waals surface area contributed by atoms with E-state index < -0.39 is 24.3 Å². The van der Waals surface area contributed by atoms with Crippen LogP contribution < -0.4 is 15.9 Å². The van der Waals surface area contributed by atoms with Gasteiger partial charge in [0, 0.05) is 0 Å². The zero-order valence-electron chi connectivity index (χ0n) is 16.2. The van der Waals surface area contributed by atoms with Gasteiger partial charge in [-0.15, -0.1) is 13.2 Å². The van der Waals surface area contributed by atoms with E-state index in [0.717, 1.165) is 0 Å². The van der Waals surface area contributed by atoms with E-state index in [1.807, 2.05) is 6.92 Å². The van der Waals surface area contributed by atoms with Gasteiger partial charge in [0.25, 0.3) is 5.91 Å². The second-order valence-corrected chi connectivity index (χ2v) is 6.61. The normalized spacial score (nSPS) is 14.6. The second kappa shape index (κ2) is 9.54. The Bertz CT molecular complexity index is 725. The summed E-state index contributed by atoms with van der Waals surface area (Å²) in [5.74, 6) is -0.785. The van der Waals surface area contributed by atoms with Crippen molar-refractivity contribution < 1.29 is 27.8 Å². The first kappa shape index (κ1) is 23.4. The predicted molar refractivity (Wildman–Crippen MR) is 99.9 cm³/mol. The molecule has 0 fully saturated rings. The summed E-state index contributed by atoms with van der Waals surface area (Å²) in [7, 11) is 0. The minimum absolute atomic E-state index is 0.0934. The highest BCUT2D eigenvalue weighted by Gasteiger charge is 2.34. The average molecular weight is 402 g/mol. The standard InChI is InChI=1S/C18H25F3N4O3/c1-5-14(12-6-8-13(9-7-12)28-18(19,20)21)24-25-15(10-26)17(3,4)16(27)23-11(2)22/h6-9,14,24,26H,5,10H2,1-4H3,(H2,22,23,27)/b25-15-. The molecule has 0 spiro atoms. The number of rotatable bonds is 8. The van der Waals surface area contributed by atoms with Gasteiger partial charge in [-0.2, -0.15) is 5.10 Å². The number of amidine groups is 1. The third-order valence-corrected chi connectivity index (χ3v) is 3.96. The number of nitrogens with two attached hydrogens (primary N) is 1. The summed E-state index contributed by atoms with van der Waals surface area (Å²) in [5, 5.41) is 13.8. The van der Waals surface area contributed by atoms with Crippen LogP contribution in [0.25, 0.3) is 0 Å². The molecule has 1 atom stereocenters. The highest BCUT2D eigenvalue weighted by molar-refractivity contribution is 6.11. The van der Waals surface area contributed by atoms with Gasteiger partial charge in [0.2, 0.25) is 0 Å². The van der Waals surface area contributed by atoms with Crippen molar-refractivity contribution in [2.24, 2.45) is 21.2 Å². The molecule has 0 aliphatic carbocycles. The van der Waals surface area contributed by atoms with Gasteiger partial charge in [-0.25, -0.2) is 4.99 Å². The van der Waals surface area contributed by atoms with E-state index in [1.54, 1.807) is 13.8 Å². The van der Waals surface area contributed by atoms with Crippen LogP contribution in [0.5, 0.6) is 5.75 Å². The number of carbonyl (C=O) groups excluding carboxylic acids is 1. The maximum Gasteiger partial charge on any atom is 0.573 e. The van der Waals surface area contributed by atoms with Gasteiger partial charge in [0.15, 0.2) is 0 Å². The van der Waals surface area contributed by atoms with Crippen LogP contribution in [0.3, 0.4) is 0 Å². The molecule has 0 aliphatic heterocycles. The molecule has 1 rings (SSSR count). The van der Waals surface area contributed by atoms with Crippen molar-refractivity contribution in [2.75, 3.05) is 6.61 Å². The maximum atomic E-state index is 12.3. The van der Waals surface area contributed by atoms with Gasteiger partial charge in [0.05, 0.1) is 29.6 Å². The molecular weight excluding hydrogens is 377 g/mol. The topological polar surface area (TPSA) is 109 Å². The van der Waals surface area contributed by atoms with Crippen LogP contribution in [0.1, 0.15) is 45.7 Å². The van der Waals surface area contributed by atoms with Crippen molar-refractivity contribution in [1.29, 1.82) is 0 Å². The number of hydrogen-bond donors (Lipinski definition) is 3. The van der Waals surface area contributed by atoms with Crippen molar-refractivity contribution >= 4 is 17.5 Å². The van der Waals surface area contributed by atoms with E-state index in [0.29, 0.717) is 12.0 Å².